The molecule has 0 bridgehead atoms. The van der Waals surface area contributed by atoms with Crippen molar-refractivity contribution in [2.75, 3.05) is 17.7 Å². The lowest BCUT2D eigenvalue weighted by Gasteiger charge is -2.14. The van der Waals surface area contributed by atoms with Gasteiger partial charge in [0.25, 0.3) is 5.91 Å². The molecule has 29 heavy (non-hydrogen) atoms. The Morgan fingerprint density at radius 1 is 0.966 bits per heavy atom. The van der Waals surface area contributed by atoms with Crippen LogP contribution in [0, 0.1) is 0 Å². The molecule has 3 aromatic rings. The van der Waals surface area contributed by atoms with E-state index < -0.39 is 0 Å². The second-order valence-electron chi connectivity index (χ2n) is 6.60. The summed E-state index contributed by atoms with van der Waals surface area (Å²) in [6.07, 6.45) is 4.77. The van der Waals surface area contributed by atoms with Gasteiger partial charge in [-0.15, -0.1) is 0 Å². The van der Waals surface area contributed by atoms with Crippen LogP contribution in [0.2, 0.25) is 0 Å². The second-order valence-corrected chi connectivity index (χ2v) is 6.60. The van der Waals surface area contributed by atoms with Gasteiger partial charge in [-0.25, -0.2) is 9.97 Å². The summed E-state index contributed by atoms with van der Waals surface area (Å²) < 4.78 is 5.16. The Balaban J connectivity index is 1.64. The van der Waals surface area contributed by atoms with E-state index in [1.807, 2.05) is 42.5 Å². The number of aryl methyl sites for hydroxylation is 2. The van der Waals surface area contributed by atoms with Gasteiger partial charge in [0.1, 0.15) is 17.3 Å². The van der Waals surface area contributed by atoms with Crippen molar-refractivity contribution < 1.29 is 9.53 Å². The Morgan fingerprint density at radius 3 is 2.21 bits per heavy atom. The number of hydrogen-bond acceptors (Lipinski definition) is 5. The fourth-order valence-electron chi connectivity index (χ4n) is 3.05. The molecule has 1 heterocycles. The molecule has 0 aliphatic carbocycles. The molecule has 0 atom stereocenters. The minimum absolute atomic E-state index is 0.255. The quantitative estimate of drug-likeness (QED) is 0.593. The van der Waals surface area contributed by atoms with Crippen LogP contribution in [0.5, 0.6) is 5.75 Å². The molecule has 1 aromatic heterocycles. The molecular formula is C23H26N4O2. The predicted octanol–water partition coefficient (Wildman–Crippen LogP) is 4.47. The van der Waals surface area contributed by atoms with Crippen LogP contribution in [0.25, 0.3) is 0 Å². The number of rotatable bonds is 8. The number of benzene rings is 2. The average Bonchev–Trinajstić information content (AvgIpc) is 2.78. The van der Waals surface area contributed by atoms with E-state index in [1.165, 1.54) is 6.20 Å². The summed E-state index contributed by atoms with van der Waals surface area (Å²) in [5.74, 6) is 1.18. The van der Waals surface area contributed by atoms with Crippen LogP contribution >= 0.6 is 0 Å². The van der Waals surface area contributed by atoms with Gasteiger partial charge in [0.05, 0.1) is 19.5 Å². The topological polar surface area (TPSA) is 76.1 Å². The number of anilines is 2. The van der Waals surface area contributed by atoms with Crippen molar-refractivity contribution in [2.24, 2.45) is 0 Å². The number of ether oxygens (including phenoxy) is 1. The molecule has 2 aromatic carbocycles. The molecule has 0 radical (unpaired) electrons. The van der Waals surface area contributed by atoms with E-state index in [-0.39, 0.29) is 11.6 Å². The Labute approximate surface area is 171 Å². The van der Waals surface area contributed by atoms with Gasteiger partial charge in [0, 0.05) is 12.2 Å². The van der Waals surface area contributed by atoms with E-state index in [4.69, 9.17) is 4.74 Å². The molecule has 6 nitrogen and oxygen atoms in total. The number of carbonyl (C=O) groups is 1. The van der Waals surface area contributed by atoms with Crippen molar-refractivity contribution in [2.45, 2.75) is 33.2 Å². The number of carbonyl (C=O) groups excluding carboxylic acids is 1. The van der Waals surface area contributed by atoms with Gasteiger partial charge in [-0.1, -0.05) is 44.2 Å². The summed E-state index contributed by atoms with van der Waals surface area (Å²) in [4.78, 5) is 21.2. The standard InChI is InChI=1S/C23H26N4O2/c1-4-17-7-6-8-18(5-2)22(17)27-23(28)20-14-26-21(15-24-20)25-13-16-9-11-19(29-3)12-10-16/h6-12,14-15H,4-5,13H2,1-3H3,(H,25,26)(H,27,28). The summed E-state index contributed by atoms with van der Waals surface area (Å²) in [7, 11) is 1.64. The average molecular weight is 390 g/mol. The molecular weight excluding hydrogens is 364 g/mol. The maximum Gasteiger partial charge on any atom is 0.275 e. The zero-order chi connectivity index (χ0) is 20.6. The number of nitrogens with one attached hydrogen (secondary N) is 2. The minimum atomic E-state index is -0.255. The van der Waals surface area contributed by atoms with Crippen LogP contribution in [0.4, 0.5) is 11.5 Å². The van der Waals surface area contributed by atoms with Gasteiger partial charge >= 0.3 is 0 Å². The molecule has 6 heteroatoms. The van der Waals surface area contributed by atoms with Crippen molar-refractivity contribution in [1.29, 1.82) is 0 Å². The normalized spacial score (nSPS) is 10.4. The van der Waals surface area contributed by atoms with E-state index >= 15 is 0 Å². The molecule has 1 amide bonds. The number of amides is 1. The van der Waals surface area contributed by atoms with Crippen molar-refractivity contribution in [1.82, 2.24) is 9.97 Å². The predicted molar refractivity (Wildman–Crippen MR) is 116 cm³/mol. The number of hydrogen-bond donors (Lipinski definition) is 2. The van der Waals surface area contributed by atoms with Crippen molar-refractivity contribution in [3.8, 4) is 5.75 Å². The van der Waals surface area contributed by atoms with Gasteiger partial charge < -0.3 is 15.4 Å². The number of nitrogens with zero attached hydrogens (tertiary/aromatic N) is 2. The van der Waals surface area contributed by atoms with E-state index in [0.717, 1.165) is 41.0 Å². The fourth-order valence-corrected chi connectivity index (χ4v) is 3.05. The van der Waals surface area contributed by atoms with Gasteiger partial charge in [-0.2, -0.15) is 0 Å². The van der Waals surface area contributed by atoms with Crippen LogP contribution in [0.3, 0.4) is 0 Å². The highest BCUT2D eigenvalue weighted by Gasteiger charge is 2.13. The SMILES string of the molecule is CCc1cccc(CC)c1NC(=O)c1cnc(NCc2ccc(OC)cc2)cn1. The first-order valence-corrected chi connectivity index (χ1v) is 9.75. The van der Waals surface area contributed by atoms with Gasteiger partial charge in [-0.3, -0.25) is 4.79 Å². The molecule has 0 unspecified atom stereocenters. The molecule has 0 spiro atoms. The van der Waals surface area contributed by atoms with Gasteiger partial charge in [0.15, 0.2) is 0 Å². The van der Waals surface area contributed by atoms with Crippen molar-refractivity contribution in [3.05, 3.63) is 77.2 Å². The van der Waals surface area contributed by atoms with Crippen LogP contribution < -0.4 is 15.4 Å². The van der Waals surface area contributed by atoms with E-state index in [9.17, 15) is 4.79 Å². The maximum absolute atomic E-state index is 12.7. The number of aromatic nitrogens is 2. The molecule has 0 aliphatic rings. The Kier molecular flexibility index (Phi) is 6.79. The Bertz CT molecular complexity index is 931. The van der Waals surface area contributed by atoms with E-state index in [0.29, 0.717) is 12.4 Å². The number of para-hydroxylation sites is 1. The maximum atomic E-state index is 12.7. The first-order valence-electron chi connectivity index (χ1n) is 9.75. The third-order valence-corrected chi connectivity index (χ3v) is 4.75. The van der Waals surface area contributed by atoms with Crippen LogP contribution in [0.15, 0.2) is 54.9 Å². The summed E-state index contributed by atoms with van der Waals surface area (Å²) in [5.41, 5.74) is 4.49. The first kappa shape index (κ1) is 20.3. The molecule has 0 saturated carbocycles. The summed E-state index contributed by atoms with van der Waals surface area (Å²) in [6.45, 7) is 4.76. The van der Waals surface area contributed by atoms with E-state index in [2.05, 4.69) is 34.4 Å². The zero-order valence-electron chi connectivity index (χ0n) is 17.0. The molecule has 3 rings (SSSR count). The smallest absolute Gasteiger partial charge is 0.275 e. The van der Waals surface area contributed by atoms with Crippen LogP contribution in [-0.2, 0) is 19.4 Å². The minimum Gasteiger partial charge on any atom is -0.497 e. The highest BCUT2D eigenvalue weighted by molar-refractivity contribution is 6.03. The lowest BCUT2D eigenvalue weighted by Crippen LogP contribution is -2.17. The lowest BCUT2D eigenvalue weighted by molar-refractivity contribution is 0.102. The Hall–Kier alpha value is -3.41. The molecule has 150 valence electrons. The van der Waals surface area contributed by atoms with Crippen molar-refractivity contribution in [3.63, 3.8) is 0 Å². The van der Waals surface area contributed by atoms with Crippen molar-refractivity contribution >= 4 is 17.4 Å². The van der Waals surface area contributed by atoms with Crippen LogP contribution in [0.1, 0.15) is 41.0 Å². The first-order chi connectivity index (χ1) is 14.1. The molecule has 2 N–H and O–H groups in total. The van der Waals surface area contributed by atoms with Gasteiger partial charge in [-0.05, 0) is 41.7 Å². The molecule has 0 fully saturated rings. The van der Waals surface area contributed by atoms with Gasteiger partial charge in [0.2, 0.25) is 0 Å². The fraction of sp³-hybridized carbons (Fsp3) is 0.261. The number of methoxy groups -OCH3 is 1. The highest BCUT2D eigenvalue weighted by Crippen LogP contribution is 2.23. The monoisotopic (exact) mass is 390 g/mol. The summed E-state index contributed by atoms with van der Waals surface area (Å²) in [5, 5.41) is 6.22. The lowest BCUT2D eigenvalue weighted by atomic mass is 10.0. The molecule has 0 saturated heterocycles. The highest BCUT2D eigenvalue weighted by atomic mass is 16.5. The molecule has 0 aliphatic heterocycles. The Morgan fingerprint density at radius 2 is 1.66 bits per heavy atom. The summed E-state index contributed by atoms with van der Waals surface area (Å²) in [6, 6.07) is 13.9. The third kappa shape index (κ3) is 5.10. The third-order valence-electron chi connectivity index (χ3n) is 4.75. The summed E-state index contributed by atoms with van der Waals surface area (Å²) >= 11 is 0. The zero-order valence-corrected chi connectivity index (χ0v) is 17.0. The van der Waals surface area contributed by atoms with E-state index in [1.54, 1.807) is 13.3 Å². The largest absolute Gasteiger partial charge is 0.497 e. The second kappa shape index (κ2) is 9.68. The van der Waals surface area contributed by atoms with Crippen LogP contribution in [-0.4, -0.2) is 23.0 Å².